The largest absolute Gasteiger partial charge is 0.396 e. The predicted molar refractivity (Wildman–Crippen MR) is 105 cm³/mol. The molecule has 0 unspecified atom stereocenters. The highest BCUT2D eigenvalue weighted by atomic mass is 19.1. The van der Waals surface area contributed by atoms with E-state index in [0.29, 0.717) is 18.0 Å². The summed E-state index contributed by atoms with van der Waals surface area (Å²) in [5.74, 6) is -0.309. The van der Waals surface area contributed by atoms with Crippen molar-refractivity contribution in [1.82, 2.24) is 9.88 Å². The number of pyridine rings is 1. The second-order valence-electron chi connectivity index (χ2n) is 8.15. The Bertz CT molecular complexity index is 797. The number of rotatable bonds is 6. The SMILES string of the molecule is O=C(c1ccc(F)cc1)N(C1CC1)C1CCC(CCO)(c2ccccn2)CC1. The molecule has 1 amide bonds. The summed E-state index contributed by atoms with van der Waals surface area (Å²) < 4.78 is 13.2. The van der Waals surface area contributed by atoms with E-state index in [1.807, 2.05) is 18.3 Å². The van der Waals surface area contributed by atoms with E-state index in [1.165, 1.54) is 12.1 Å². The van der Waals surface area contributed by atoms with Gasteiger partial charge in [0, 0.05) is 41.6 Å². The van der Waals surface area contributed by atoms with Crippen molar-refractivity contribution in [2.24, 2.45) is 0 Å². The van der Waals surface area contributed by atoms with Crippen LogP contribution in [0.25, 0.3) is 0 Å². The van der Waals surface area contributed by atoms with E-state index in [-0.39, 0.29) is 29.8 Å². The van der Waals surface area contributed by atoms with E-state index in [0.717, 1.165) is 44.2 Å². The molecule has 0 radical (unpaired) electrons. The van der Waals surface area contributed by atoms with Crippen LogP contribution in [0.2, 0.25) is 0 Å². The van der Waals surface area contributed by atoms with Crippen LogP contribution in [0.3, 0.4) is 0 Å². The molecule has 2 fully saturated rings. The Balaban J connectivity index is 1.52. The van der Waals surface area contributed by atoms with Crippen molar-refractivity contribution < 1.29 is 14.3 Å². The number of aliphatic hydroxyl groups excluding tert-OH is 1. The first kappa shape index (κ1) is 19.1. The van der Waals surface area contributed by atoms with Gasteiger partial charge in [0.15, 0.2) is 0 Å². The van der Waals surface area contributed by atoms with Crippen LogP contribution in [-0.4, -0.2) is 39.6 Å². The lowest BCUT2D eigenvalue weighted by Crippen LogP contribution is -2.47. The molecule has 148 valence electrons. The van der Waals surface area contributed by atoms with Gasteiger partial charge in [-0.3, -0.25) is 9.78 Å². The summed E-state index contributed by atoms with van der Waals surface area (Å²) in [6.45, 7) is 0.141. The highest BCUT2D eigenvalue weighted by Crippen LogP contribution is 2.44. The molecule has 2 aliphatic carbocycles. The summed E-state index contributed by atoms with van der Waals surface area (Å²) in [6.07, 6.45) is 8.24. The Morgan fingerprint density at radius 3 is 2.32 bits per heavy atom. The molecule has 0 bridgehead atoms. The smallest absolute Gasteiger partial charge is 0.254 e. The van der Waals surface area contributed by atoms with Crippen LogP contribution in [0, 0.1) is 5.82 Å². The topological polar surface area (TPSA) is 53.4 Å². The Kier molecular flexibility index (Phi) is 5.44. The highest BCUT2D eigenvalue weighted by molar-refractivity contribution is 5.94. The van der Waals surface area contributed by atoms with Crippen LogP contribution >= 0.6 is 0 Å². The third-order valence-corrected chi connectivity index (χ3v) is 6.37. The molecule has 2 aromatic rings. The molecule has 28 heavy (non-hydrogen) atoms. The molecule has 2 saturated carbocycles. The van der Waals surface area contributed by atoms with E-state index in [4.69, 9.17) is 0 Å². The first-order valence-corrected chi connectivity index (χ1v) is 10.2. The fourth-order valence-electron chi connectivity index (χ4n) is 4.68. The summed E-state index contributed by atoms with van der Waals surface area (Å²) in [5, 5.41) is 9.65. The van der Waals surface area contributed by atoms with Crippen LogP contribution in [0.1, 0.15) is 61.0 Å². The molecule has 1 aromatic carbocycles. The van der Waals surface area contributed by atoms with E-state index >= 15 is 0 Å². The lowest BCUT2D eigenvalue weighted by Gasteiger charge is -2.43. The fraction of sp³-hybridized carbons (Fsp3) is 0.478. The molecule has 4 nitrogen and oxygen atoms in total. The number of halogens is 1. The van der Waals surface area contributed by atoms with Crippen molar-refractivity contribution in [3.05, 3.63) is 65.7 Å². The third kappa shape index (κ3) is 3.81. The van der Waals surface area contributed by atoms with Crippen molar-refractivity contribution in [1.29, 1.82) is 0 Å². The number of hydrogen-bond donors (Lipinski definition) is 1. The molecule has 4 rings (SSSR count). The number of nitrogens with zero attached hydrogens (tertiary/aromatic N) is 2. The molecule has 5 heteroatoms. The molecular weight excluding hydrogens is 355 g/mol. The molecule has 1 aromatic heterocycles. The summed E-state index contributed by atoms with van der Waals surface area (Å²) in [7, 11) is 0. The van der Waals surface area contributed by atoms with Crippen molar-refractivity contribution in [3.63, 3.8) is 0 Å². The minimum Gasteiger partial charge on any atom is -0.396 e. The molecule has 1 heterocycles. The number of carbonyl (C=O) groups is 1. The monoisotopic (exact) mass is 382 g/mol. The first-order chi connectivity index (χ1) is 13.6. The average Bonchev–Trinajstić information content (AvgIpc) is 3.56. The van der Waals surface area contributed by atoms with E-state index in [2.05, 4.69) is 16.0 Å². The Labute approximate surface area is 165 Å². The molecule has 2 aliphatic rings. The van der Waals surface area contributed by atoms with Gasteiger partial charge in [-0.2, -0.15) is 0 Å². The average molecular weight is 382 g/mol. The number of amides is 1. The summed E-state index contributed by atoms with van der Waals surface area (Å²) in [6, 6.07) is 12.3. The third-order valence-electron chi connectivity index (χ3n) is 6.37. The van der Waals surface area contributed by atoms with Crippen LogP contribution < -0.4 is 0 Å². The molecule has 0 saturated heterocycles. The van der Waals surface area contributed by atoms with Gasteiger partial charge in [-0.15, -0.1) is 0 Å². The Hall–Kier alpha value is -2.27. The maximum absolute atomic E-state index is 13.2. The van der Waals surface area contributed by atoms with Crippen molar-refractivity contribution in [3.8, 4) is 0 Å². The van der Waals surface area contributed by atoms with Gasteiger partial charge in [-0.1, -0.05) is 6.07 Å². The summed E-state index contributed by atoms with van der Waals surface area (Å²) in [4.78, 5) is 19.8. The second kappa shape index (κ2) is 8.00. The van der Waals surface area contributed by atoms with Gasteiger partial charge in [0.05, 0.1) is 0 Å². The standard InChI is InChI=1S/C23H27FN2O2/c24-18-6-4-17(5-7-18)22(28)26(19-8-9-19)20-10-12-23(13-11-20,14-16-27)21-3-1-2-15-25-21/h1-7,15,19-20,27H,8-14,16H2. The van der Waals surface area contributed by atoms with Gasteiger partial charge in [0.25, 0.3) is 5.91 Å². The summed E-state index contributed by atoms with van der Waals surface area (Å²) >= 11 is 0. The van der Waals surface area contributed by atoms with E-state index < -0.39 is 0 Å². The number of benzene rings is 1. The normalized spacial score (nSPS) is 24.7. The highest BCUT2D eigenvalue weighted by Gasteiger charge is 2.43. The molecule has 0 aliphatic heterocycles. The van der Waals surface area contributed by atoms with Gasteiger partial charge in [-0.05, 0) is 81.3 Å². The van der Waals surface area contributed by atoms with Gasteiger partial charge in [-0.25, -0.2) is 4.39 Å². The summed E-state index contributed by atoms with van der Waals surface area (Å²) in [5.41, 5.74) is 1.50. The zero-order valence-corrected chi connectivity index (χ0v) is 16.1. The number of hydrogen-bond acceptors (Lipinski definition) is 3. The second-order valence-corrected chi connectivity index (χ2v) is 8.15. The van der Waals surface area contributed by atoms with E-state index in [1.54, 1.807) is 12.1 Å². The predicted octanol–water partition coefficient (Wildman–Crippen LogP) is 4.09. The molecular formula is C23H27FN2O2. The van der Waals surface area contributed by atoms with Gasteiger partial charge in [0.1, 0.15) is 5.82 Å². The zero-order chi connectivity index (χ0) is 19.6. The Morgan fingerprint density at radius 1 is 1.07 bits per heavy atom. The zero-order valence-electron chi connectivity index (χ0n) is 16.1. The first-order valence-electron chi connectivity index (χ1n) is 10.2. The lowest BCUT2D eigenvalue weighted by molar-refractivity contribution is 0.0548. The lowest BCUT2D eigenvalue weighted by atomic mass is 9.68. The van der Waals surface area contributed by atoms with Crippen LogP contribution in [0.4, 0.5) is 4.39 Å². The van der Waals surface area contributed by atoms with Gasteiger partial charge >= 0.3 is 0 Å². The molecule has 0 spiro atoms. The van der Waals surface area contributed by atoms with Crippen molar-refractivity contribution in [2.75, 3.05) is 6.61 Å². The number of aromatic nitrogens is 1. The molecule has 1 N–H and O–H groups in total. The van der Waals surface area contributed by atoms with Crippen molar-refractivity contribution >= 4 is 5.91 Å². The fourth-order valence-corrected chi connectivity index (χ4v) is 4.68. The van der Waals surface area contributed by atoms with Gasteiger partial charge < -0.3 is 10.0 Å². The van der Waals surface area contributed by atoms with Crippen LogP contribution in [0.15, 0.2) is 48.7 Å². The quantitative estimate of drug-likeness (QED) is 0.819. The van der Waals surface area contributed by atoms with Crippen molar-refractivity contribution in [2.45, 2.75) is 62.4 Å². The van der Waals surface area contributed by atoms with Crippen LogP contribution in [0.5, 0.6) is 0 Å². The minimum atomic E-state index is -0.323. The maximum atomic E-state index is 13.2. The Morgan fingerprint density at radius 2 is 1.75 bits per heavy atom. The number of aliphatic hydroxyl groups is 1. The van der Waals surface area contributed by atoms with Gasteiger partial charge in [0.2, 0.25) is 0 Å². The maximum Gasteiger partial charge on any atom is 0.254 e. The minimum absolute atomic E-state index is 0.0139. The van der Waals surface area contributed by atoms with Crippen LogP contribution in [-0.2, 0) is 5.41 Å². The molecule has 0 atom stereocenters. The van der Waals surface area contributed by atoms with E-state index in [9.17, 15) is 14.3 Å². The number of carbonyl (C=O) groups excluding carboxylic acids is 1.